The van der Waals surface area contributed by atoms with Crippen molar-refractivity contribution in [2.24, 2.45) is 0 Å². The topological polar surface area (TPSA) is 38.9 Å². The van der Waals surface area contributed by atoms with E-state index in [4.69, 9.17) is 5.73 Å². The molecule has 1 aromatic rings. The first kappa shape index (κ1) is 5.99. The largest absolute Gasteiger partial charge is 0.396 e. The number of rotatable bonds is 0. The second-order valence-corrected chi connectivity index (χ2v) is 3.35. The summed E-state index contributed by atoms with van der Waals surface area (Å²) in [6, 6.07) is 0. The van der Waals surface area contributed by atoms with Crippen molar-refractivity contribution in [1.82, 2.24) is 4.37 Å². The summed E-state index contributed by atoms with van der Waals surface area (Å²) < 4.78 is 5.04. The fourth-order valence-corrected chi connectivity index (χ4v) is 1.34. The lowest BCUT2D eigenvalue weighted by atomic mass is 10.4. The Kier molecular flexibility index (Phi) is 1.49. The van der Waals surface area contributed by atoms with Crippen LogP contribution in [-0.2, 0) is 0 Å². The van der Waals surface area contributed by atoms with E-state index < -0.39 is 0 Å². The van der Waals surface area contributed by atoms with Crippen molar-refractivity contribution in [3.05, 3.63) is 5.69 Å². The number of hydrogen-bond donors (Lipinski definition) is 1. The molecule has 0 saturated carbocycles. The molecule has 1 aromatic heterocycles. The summed E-state index contributed by atoms with van der Waals surface area (Å²) in [4.78, 5) is 0. The maximum Gasteiger partial charge on any atom is 0.0747 e. The molecule has 8 heavy (non-hydrogen) atoms. The van der Waals surface area contributed by atoms with Crippen LogP contribution in [0.4, 0.5) is 5.69 Å². The molecule has 0 aromatic carbocycles. The van der Waals surface area contributed by atoms with Gasteiger partial charge in [0.1, 0.15) is 0 Å². The fourth-order valence-electron chi connectivity index (χ4n) is 0.394. The Hall–Kier alpha value is -0.140. The van der Waals surface area contributed by atoms with Crippen molar-refractivity contribution in [1.29, 1.82) is 0 Å². The molecular weight excluding hydrogens is 139 g/mol. The van der Waals surface area contributed by atoms with E-state index in [0.29, 0.717) is 0 Å². The number of nitrogen functional groups attached to an aromatic ring is 1. The SMILES string of the molecule is Cc1nsc(P)c1N. The molecule has 2 N–H and O–H groups in total. The maximum atomic E-state index is 5.53. The Morgan fingerprint density at radius 3 is 2.50 bits per heavy atom. The van der Waals surface area contributed by atoms with E-state index in [9.17, 15) is 0 Å². The fraction of sp³-hybridized carbons (Fsp3) is 0.250. The highest BCUT2D eigenvalue weighted by Gasteiger charge is 1.98. The molecule has 0 aliphatic heterocycles. The first-order valence-electron chi connectivity index (χ1n) is 2.19. The summed E-state index contributed by atoms with van der Waals surface area (Å²) in [6.45, 7) is 1.90. The minimum absolute atomic E-state index is 0.806. The van der Waals surface area contributed by atoms with Crippen LogP contribution in [0.15, 0.2) is 0 Å². The highest BCUT2D eigenvalue weighted by Crippen LogP contribution is 2.10. The minimum Gasteiger partial charge on any atom is -0.396 e. The van der Waals surface area contributed by atoms with E-state index in [1.807, 2.05) is 6.92 Å². The van der Waals surface area contributed by atoms with Gasteiger partial charge in [-0.1, -0.05) is 9.24 Å². The van der Waals surface area contributed by atoms with Gasteiger partial charge in [0.15, 0.2) is 0 Å². The summed E-state index contributed by atoms with van der Waals surface area (Å²) in [5, 5.41) is 0. The lowest BCUT2D eigenvalue weighted by Crippen LogP contribution is -1.94. The smallest absolute Gasteiger partial charge is 0.0747 e. The van der Waals surface area contributed by atoms with Crippen molar-refractivity contribution in [2.45, 2.75) is 6.92 Å². The normalized spacial score (nSPS) is 9.75. The van der Waals surface area contributed by atoms with Gasteiger partial charge in [-0.2, -0.15) is 4.37 Å². The van der Waals surface area contributed by atoms with E-state index in [0.717, 1.165) is 16.0 Å². The summed E-state index contributed by atoms with van der Waals surface area (Å²) in [5.41, 5.74) is 7.27. The van der Waals surface area contributed by atoms with Crippen LogP contribution in [-0.4, -0.2) is 4.37 Å². The summed E-state index contributed by atoms with van der Waals surface area (Å²) >= 11 is 1.42. The van der Waals surface area contributed by atoms with E-state index in [1.165, 1.54) is 11.5 Å². The van der Waals surface area contributed by atoms with Crippen LogP contribution in [0, 0.1) is 6.92 Å². The Bertz CT molecular complexity index is 176. The first-order valence-corrected chi connectivity index (χ1v) is 3.54. The van der Waals surface area contributed by atoms with E-state index in [2.05, 4.69) is 13.6 Å². The zero-order valence-corrected chi connectivity index (χ0v) is 6.48. The predicted molar refractivity (Wildman–Crippen MR) is 40.6 cm³/mol. The third kappa shape index (κ3) is 0.837. The zero-order chi connectivity index (χ0) is 6.15. The summed E-state index contributed by atoms with van der Waals surface area (Å²) in [7, 11) is 2.54. The molecule has 0 spiro atoms. The molecule has 0 radical (unpaired) electrons. The molecule has 1 rings (SSSR count). The van der Waals surface area contributed by atoms with Gasteiger partial charge in [0, 0.05) is 0 Å². The van der Waals surface area contributed by atoms with Crippen LogP contribution >= 0.6 is 20.8 Å². The van der Waals surface area contributed by atoms with Crippen molar-refractivity contribution in [3.8, 4) is 0 Å². The van der Waals surface area contributed by atoms with Crippen molar-refractivity contribution < 1.29 is 0 Å². The third-order valence-electron chi connectivity index (χ3n) is 0.936. The molecule has 0 fully saturated rings. The Balaban J connectivity index is 3.19. The molecule has 44 valence electrons. The van der Waals surface area contributed by atoms with Crippen LogP contribution < -0.4 is 10.4 Å². The van der Waals surface area contributed by atoms with Gasteiger partial charge in [0.05, 0.1) is 16.0 Å². The highest BCUT2D eigenvalue weighted by atomic mass is 32.1. The lowest BCUT2D eigenvalue weighted by molar-refractivity contribution is 1.35. The Morgan fingerprint density at radius 2 is 2.38 bits per heavy atom. The molecule has 0 bridgehead atoms. The standard InChI is InChI=1S/C4H7N2PS/c1-2-3(5)4(7)8-6-2/h5,7H2,1H3. The maximum absolute atomic E-state index is 5.53. The van der Waals surface area contributed by atoms with Crippen molar-refractivity contribution in [3.63, 3.8) is 0 Å². The number of aromatic nitrogens is 1. The van der Waals surface area contributed by atoms with E-state index in [-0.39, 0.29) is 0 Å². The number of nitrogens with zero attached hydrogens (tertiary/aromatic N) is 1. The molecule has 0 amide bonds. The highest BCUT2D eigenvalue weighted by molar-refractivity contribution is 7.42. The van der Waals surface area contributed by atoms with Gasteiger partial charge in [-0.3, -0.25) is 0 Å². The van der Waals surface area contributed by atoms with Gasteiger partial charge in [-0.05, 0) is 18.5 Å². The molecular formula is C4H7N2PS. The first-order chi connectivity index (χ1) is 3.72. The lowest BCUT2D eigenvalue weighted by Gasteiger charge is -1.84. The quantitative estimate of drug-likeness (QED) is 0.542. The average Bonchev–Trinajstić information content (AvgIpc) is 1.98. The molecule has 0 aliphatic carbocycles. The van der Waals surface area contributed by atoms with Gasteiger partial charge in [-0.15, -0.1) is 0 Å². The molecule has 1 atom stereocenters. The van der Waals surface area contributed by atoms with Crippen molar-refractivity contribution in [2.75, 3.05) is 5.73 Å². The summed E-state index contributed by atoms with van der Waals surface area (Å²) in [6.07, 6.45) is 0. The third-order valence-corrected chi connectivity index (χ3v) is 2.35. The van der Waals surface area contributed by atoms with Crippen LogP contribution in [0.5, 0.6) is 0 Å². The van der Waals surface area contributed by atoms with Crippen LogP contribution in [0.2, 0.25) is 0 Å². The van der Waals surface area contributed by atoms with E-state index in [1.54, 1.807) is 0 Å². The van der Waals surface area contributed by atoms with Crippen LogP contribution in [0.1, 0.15) is 5.69 Å². The molecule has 1 unspecified atom stereocenters. The average molecular weight is 146 g/mol. The number of hydrogen-bond acceptors (Lipinski definition) is 3. The minimum atomic E-state index is 0.806. The van der Waals surface area contributed by atoms with E-state index >= 15 is 0 Å². The molecule has 1 heterocycles. The van der Waals surface area contributed by atoms with Gasteiger partial charge >= 0.3 is 0 Å². The van der Waals surface area contributed by atoms with Crippen molar-refractivity contribution >= 4 is 31.1 Å². The number of anilines is 1. The number of nitrogens with two attached hydrogens (primary N) is 1. The Labute approximate surface area is 54.5 Å². The van der Waals surface area contributed by atoms with Gasteiger partial charge in [-0.25, -0.2) is 0 Å². The predicted octanol–water partition coefficient (Wildman–Crippen LogP) is 0.534. The monoisotopic (exact) mass is 146 g/mol. The zero-order valence-electron chi connectivity index (χ0n) is 4.51. The van der Waals surface area contributed by atoms with Gasteiger partial charge < -0.3 is 5.73 Å². The van der Waals surface area contributed by atoms with Crippen LogP contribution in [0.25, 0.3) is 0 Å². The number of aryl methyl sites for hydroxylation is 1. The second-order valence-electron chi connectivity index (χ2n) is 1.55. The molecule has 0 saturated heterocycles. The van der Waals surface area contributed by atoms with Crippen LogP contribution in [0.3, 0.4) is 0 Å². The second kappa shape index (κ2) is 2.00. The van der Waals surface area contributed by atoms with Gasteiger partial charge in [0.25, 0.3) is 0 Å². The van der Waals surface area contributed by atoms with Gasteiger partial charge in [0.2, 0.25) is 0 Å². The molecule has 2 nitrogen and oxygen atoms in total. The summed E-state index contributed by atoms with van der Waals surface area (Å²) in [5.74, 6) is 0. The molecule has 4 heteroatoms. The Morgan fingerprint density at radius 1 is 1.75 bits per heavy atom. The molecule has 0 aliphatic rings.